The lowest BCUT2D eigenvalue weighted by Crippen LogP contribution is -2.19. The highest BCUT2D eigenvalue weighted by Crippen LogP contribution is 2.30. The molecule has 0 bridgehead atoms. The lowest BCUT2D eigenvalue weighted by molar-refractivity contribution is 0.101. The molecule has 1 aliphatic rings. The Bertz CT molecular complexity index is 664. The highest BCUT2D eigenvalue weighted by atomic mass is 16.1. The van der Waals surface area contributed by atoms with Crippen LogP contribution in [-0.4, -0.2) is 17.3 Å². The molecule has 2 aromatic rings. The summed E-state index contributed by atoms with van der Waals surface area (Å²) in [6.07, 6.45) is 4.81. The Morgan fingerprint density at radius 2 is 2.15 bits per heavy atom. The molecule has 0 atom stereocenters. The van der Waals surface area contributed by atoms with Crippen molar-refractivity contribution in [3.63, 3.8) is 0 Å². The van der Waals surface area contributed by atoms with E-state index in [2.05, 4.69) is 28.9 Å². The number of anilines is 1. The van der Waals surface area contributed by atoms with Crippen LogP contribution in [0, 0.1) is 6.92 Å². The molecule has 1 aromatic heterocycles. The summed E-state index contributed by atoms with van der Waals surface area (Å²) < 4.78 is 0. The van der Waals surface area contributed by atoms with Gasteiger partial charge >= 0.3 is 0 Å². The van der Waals surface area contributed by atoms with Gasteiger partial charge in [-0.25, -0.2) is 0 Å². The van der Waals surface area contributed by atoms with Crippen LogP contribution >= 0.6 is 0 Å². The average molecular weight is 266 g/mol. The molecule has 0 radical (unpaired) electrons. The van der Waals surface area contributed by atoms with Gasteiger partial charge < -0.3 is 4.90 Å². The first-order valence-corrected chi connectivity index (χ1v) is 6.93. The summed E-state index contributed by atoms with van der Waals surface area (Å²) in [6, 6.07) is 8.21. The van der Waals surface area contributed by atoms with Crippen molar-refractivity contribution >= 4 is 11.5 Å². The number of ketones is 1. The van der Waals surface area contributed by atoms with Crippen LogP contribution in [0.25, 0.3) is 0 Å². The Balaban J connectivity index is 1.84. The smallest absolute Gasteiger partial charge is 0.159 e. The molecule has 0 fully saturated rings. The fourth-order valence-electron chi connectivity index (χ4n) is 2.78. The Hall–Kier alpha value is -2.16. The Morgan fingerprint density at radius 1 is 1.30 bits per heavy atom. The van der Waals surface area contributed by atoms with Gasteiger partial charge in [-0.2, -0.15) is 0 Å². The predicted molar refractivity (Wildman–Crippen MR) is 80.2 cm³/mol. The standard InChI is InChI=1S/C17H18N2O/c1-12-7-14(10-18-9-12)11-19-6-5-16-8-15(13(2)20)3-4-17(16)19/h3-4,7-10H,5-6,11H2,1-2H3. The first kappa shape index (κ1) is 12.9. The molecular formula is C17H18N2O. The van der Waals surface area contributed by atoms with Crippen molar-refractivity contribution in [1.29, 1.82) is 0 Å². The second-order valence-electron chi connectivity index (χ2n) is 5.44. The summed E-state index contributed by atoms with van der Waals surface area (Å²) in [4.78, 5) is 18.0. The third-order valence-electron chi connectivity index (χ3n) is 3.78. The topological polar surface area (TPSA) is 33.2 Å². The number of hydrogen-bond acceptors (Lipinski definition) is 3. The number of nitrogens with zero attached hydrogens (tertiary/aromatic N) is 2. The minimum atomic E-state index is 0.133. The van der Waals surface area contributed by atoms with E-state index in [1.807, 2.05) is 24.5 Å². The van der Waals surface area contributed by atoms with Gasteiger partial charge in [0.1, 0.15) is 0 Å². The zero-order chi connectivity index (χ0) is 14.1. The van der Waals surface area contributed by atoms with Crippen molar-refractivity contribution in [2.24, 2.45) is 0 Å². The minimum absolute atomic E-state index is 0.133. The molecule has 2 heterocycles. The SMILES string of the molecule is CC(=O)c1ccc2c(c1)CCN2Cc1cncc(C)c1. The predicted octanol–water partition coefficient (Wildman–Crippen LogP) is 3.16. The van der Waals surface area contributed by atoms with Crippen LogP contribution in [0.3, 0.4) is 0 Å². The fraction of sp³-hybridized carbons (Fsp3) is 0.294. The van der Waals surface area contributed by atoms with Gasteiger partial charge in [0.15, 0.2) is 5.78 Å². The molecule has 20 heavy (non-hydrogen) atoms. The Labute approximate surface area is 119 Å². The molecule has 3 nitrogen and oxygen atoms in total. The van der Waals surface area contributed by atoms with Crippen LogP contribution in [0.15, 0.2) is 36.7 Å². The summed E-state index contributed by atoms with van der Waals surface area (Å²) in [5.41, 5.74) is 5.75. The van der Waals surface area contributed by atoms with Gasteiger partial charge in [-0.3, -0.25) is 9.78 Å². The lowest BCUT2D eigenvalue weighted by atomic mass is 10.1. The number of aryl methyl sites for hydroxylation is 1. The lowest BCUT2D eigenvalue weighted by Gasteiger charge is -2.19. The molecule has 0 aliphatic carbocycles. The molecule has 0 unspecified atom stereocenters. The van der Waals surface area contributed by atoms with E-state index < -0.39 is 0 Å². The normalized spacial score (nSPS) is 13.4. The van der Waals surface area contributed by atoms with E-state index >= 15 is 0 Å². The van der Waals surface area contributed by atoms with Crippen molar-refractivity contribution in [3.05, 3.63) is 58.9 Å². The first-order valence-electron chi connectivity index (χ1n) is 6.93. The largest absolute Gasteiger partial charge is 0.367 e. The van der Waals surface area contributed by atoms with Gasteiger partial charge in [-0.1, -0.05) is 6.07 Å². The van der Waals surface area contributed by atoms with Gasteiger partial charge in [0, 0.05) is 36.7 Å². The van der Waals surface area contributed by atoms with Gasteiger partial charge in [0.25, 0.3) is 0 Å². The van der Waals surface area contributed by atoms with Crippen LogP contribution < -0.4 is 4.90 Å². The molecular weight excluding hydrogens is 248 g/mol. The Kier molecular flexibility index (Phi) is 3.26. The van der Waals surface area contributed by atoms with E-state index in [0.717, 1.165) is 25.1 Å². The van der Waals surface area contributed by atoms with Crippen molar-refractivity contribution in [3.8, 4) is 0 Å². The van der Waals surface area contributed by atoms with Gasteiger partial charge in [0.05, 0.1) is 0 Å². The van der Waals surface area contributed by atoms with E-state index in [1.54, 1.807) is 6.92 Å². The second-order valence-corrected chi connectivity index (χ2v) is 5.44. The first-order chi connectivity index (χ1) is 9.63. The Morgan fingerprint density at radius 3 is 2.90 bits per heavy atom. The summed E-state index contributed by atoms with van der Waals surface area (Å²) in [7, 11) is 0. The van der Waals surface area contributed by atoms with Gasteiger partial charge in [-0.05, 0) is 55.2 Å². The monoisotopic (exact) mass is 266 g/mol. The quantitative estimate of drug-likeness (QED) is 0.800. The van der Waals surface area contributed by atoms with E-state index in [4.69, 9.17) is 0 Å². The van der Waals surface area contributed by atoms with E-state index in [0.29, 0.717) is 0 Å². The van der Waals surface area contributed by atoms with Crippen LogP contribution in [0.5, 0.6) is 0 Å². The van der Waals surface area contributed by atoms with Crippen LogP contribution in [0.2, 0.25) is 0 Å². The number of aromatic nitrogens is 1. The fourth-order valence-corrected chi connectivity index (χ4v) is 2.78. The summed E-state index contributed by atoms with van der Waals surface area (Å²) in [6.45, 7) is 5.56. The molecule has 3 heteroatoms. The van der Waals surface area contributed by atoms with Gasteiger partial charge in [0.2, 0.25) is 0 Å². The highest BCUT2D eigenvalue weighted by molar-refractivity contribution is 5.94. The molecule has 1 aromatic carbocycles. The summed E-state index contributed by atoms with van der Waals surface area (Å²) >= 11 is 0. The minimum Gasteiger partial charge on any atom is -0.367 e. The number of pyridine rings is 1. The summed E-state index contributed by atoms with van der Waals surface area (Å²) in [5.74, 6) is 0.133. The molecule has 0 saturated carbocycles. The third kappa shape index (κ3) is 2.44. The number of carbonyl (C=O) groups excluding carboxylic acids is 1. The average Bonchev–Trinajstić information content (AvgIpc) is 2.81. The number of fused-ring (bicyclic) bond motifs is 1. The van der Waals surface area contributed by atoms with Crippen molar-refractivity contribution in [2.75, 3.05) is 11.4 Å². The molecule has 3 rings (SSSR count). The van der Waals surface area contributed by atoms with Crippen LogP contribution in [0.1, 0.15) is 34.0 Å². The van der Waals surface area contributed by atoms with Crippen LogP contribution in [0.4, 0.5) is 5.69 Å². The number of Topliss-reactive ketones (excluding diaryl/α,β-unsaturated/α-hetero) is 1. The van der Waals surface area contributed by atoms with Gasteiger partial charge in [-0.15, -0.1) is 0 Å². The third-order valence-corrected chi connectivity index (χ3v) is 3.78. The van der Waals surface area contributed by atoms with Crippen molar-refractivity contribution in [1.82, 2.24) is 4.98 Å². The van der Waals surface area contributed by atoms with E-state index in [-0.39, 0.29) is 5.78 Å². The highest BCUT2D eigenvalue weighted by Gasteiger charge is 2.20. The maximum atomic E-state index is 11.4. The second kappa shape index (κ2) is 5.08. The zero-order valence-electron chi connectivity index (χ0n) is 11.9. The summed E-state index contributed by atoms with van der Waals surface area (Å²) in [5, 5.41) is 0. The number of carbonyl (C=O) groups is 1. The van der Waals surface area contributed by atoms with Crippen molar-refractivity contribution in [2.45, 2.75) is 26.8 Å². The molecule has 1 aliphatic heterocycles. The van der Waals surface area contributed by atoms with Crippen molar-refractivity contribution < 1.29 is 4.79 Å². The molecule has 102 valence electrons. The van der Waals surface area contributed by atoms with Crippen LogP contribution in [-0.2, 0) is 13.0 Å². The molecule has 0 spiro atoms. The van der Waals surface area contributed by atoms with E-state index in [9.17, 15) is 4.79 Å². The maximum Gasteiger partial charge on any atom is 0.159 e. The maximum absolute atomic E-state index is 11.4. The number of hydrogen-bond donors (Lipinski definition) is 0. The van der Waals surface area contributed by atoms with E-state index in [1.165, 1.54) is 22.4 Å². The number of benzene rings is 1. The zero-order valence-corrected chi connectivity index (χ0v) is 11.9. The molecule has 0 amide bonds. The molecule has 0 saturated heterocycles. The molecule has 0 N–H and O–H groups in total. The number of rotatable bonds is 3.